The number of nitrogens with one attached hydrogen (secondary N) is 2. The molecule has 0 saturated heterocycles. The molecule has 1 heterocycles. The molecular weight excluding hydrogens is 192 g/mol. The van der Waals surface area contributed by atoms with Crippen LogP contribution in [-0.2, 0) is 12.2 Å². The molecule has 0 spiro atoms. The van der Waals surface area contributed by atoms with Gasteiger partial charge in [-0.2, -0.15) is 0 Å². The molecule has 1 aliphatic rings. The minimum atomic E-state index is 0.589. The highest BCUT2D eigenvalue weighted by Gasteiger charge is 2.18. The molecule has 2 nitrogen and oxygen atoms in total. The number of rotatable bonds is 3. The molecule has 1 atom stereocenters. The summed E-state index contributed by atoms with van der Waals surface area (Å²) in [6, 6.07) is 7.17. The Morgan fingerprint density at radius 3 is 3.21 bits per heavy atom. The van der Waals surface area contributed by atoms with Crippen molar-refractivity contribution in [2.24, 2.45) is 0 Å². The summed E-state index contributed by atoms with van der Waals surface area (Å²) in [4.78, 5) is 0. The van der Waals surface area contributed by atoms with Crippen LogP contribution in [0.2, 0.25) is 0 Å². The highest BCUT2D eigenvalue weighted by Crippen LogP contribution is 2.30. The van der Waals surface area contributed by atoms with Crippen LogP contribution in [0.15, 0.2) is 18.2 Å². The summed E-state index contributed by atoms with van der Waals surface area (Å²) in [7, 11) is 1.96. The average molecular weight is 208 g/mol. The Morgan fingerprint density at radius 1 is 1.57 bits per heavy atom. The molecular formula is C11H16N2S. The molecule has 1 aromatic carbocycles. The first-order chi connectivity index (χ1) is 6.81. The molecule has 1 aliphatic heterocycles. The van der Waals surface area contributed by atoms with Crippen LogP contribution < -0.4 is 10.0 Å². The van der Waals surface area contributed by atoms with Gasteiger partial charge in [0.15, 0.2) is 0 Å². The Hall–Kier alpha value is -0.670. The Labute approximate surface area is 89.6 Å². The maximum Gasteiger partial charge on any atom is 0.0417 e. The van der Waals surface area contributed by atoms with Crippen molar-refractivity contribution in [1.29, 1.82) is 0 Å². The van der Waals surface area contributed by atoms with E-state index in [1.165, 1.54) is 16.8 Å². The molecule has 0 amide bonds. The van der Waals surface area contributed by atoms with Crippen molar-refractivity contribution in [3.05, 3.63) is 29.3 Å². The molecule has 0 fully saturated rings. The SMILES string of the molecule is CNSCc1cccc2c1NC(C)C2. The second-order valence-electron chi connectivity index (χ2n) is 3.69. The second kappa shape index (κ2) is 4.24. The number of anilines is 1. The van der Waals surface area contributed by atoms with Crippen molar-refractivity contribution >= 4 is 17.6 Å². The van der Waals surface area contributed by atoms with Gasteiger partial charge in [0, 0.05) is 17.5 Å². The topological polar surface area (TPSA) is 24.1 Å². The van der Waals surface area contributed by atoms with Gasteiger partial charge in [-0.15, -0.1) is 0 Å². The van der Waals surface area contributed by atoms with Crippen LogP contribution in [0.25, 0.3) is 0 Å². The largest absolute Gasteiger partial charge is 0.382 e. The van der Waals surface area contributed by atoms with Crippen LogP contribution >= 0.6 is 11.9 Å². The van der Waals surface area contributed by atoms with Crippen LogP contribution in [0, 0.1) is 0 Å². The Kier molecular flexibility index (Phi) is 2.99. The fourth-order valence-electron chi connectivity index (χ4n) is 1.91. The molecule has 2 N–H and O–H groups in total. The lowest BCUT2D eigenvalue weighted by Crippen LogP contribution is -2.09. The highest BCUT2D eigenvalue weighted by molar-refractivity contribution is 7.96. The molecule has 0 aliphatic carbocycles. The van der Waals surface area contributed by atoms with E-state index >= 15 is 0 Å². The van der Waals surface area contributed by atoms with Gasteiger partial charge in [-0.3, -0.25) is 4.72 Å². The maximum absolute atomic E-state index is 3.53. The molecule has 0 radical (unpaired) electrons. The van der Waals surface area contributed by atoms with E-state index in [4.69, 9.17) is 0 Å². The summed E-state index contributed by atoms with van der Waals surface area (Å²) in [5.74, 6) is 1.03. The van der Waals surface area contributed by atoms with Crippen LogP contribution in [0.3, 0.4) is 0 Å². The normalized spacial score (nSPS) is 19.1. The van der Waals surface area contributed by atoms with Gasteiger partial charge in [0.05, 0.1) is 0 Å². The third-order valence-electron chi connectivity index (χ3n) is 2.53. The summed E-state index contributed by atoms with van der Waals surface area (Å²) >= 11 is 1.74. The zero-order valence-electron chi connectivity index (χ0n) is 8.63. The van der Waals surface area contributed by atoms with Gasteiger partial charge in [-0.1, -0.05) is 30.1 Å². The predicted octanol–water partition coefficient (Wildman–Crippen LogP) is 2.41. The van der Waals surface area contributed by atoms with Gasteiger partial charge in [0.1, 0.15) is 0 Å². The van der Waals surface area contributed by atoms with E-state index < -0.39 is 0 Å². The third kappa shape index (κ3) is 1.88. The summed E-state index contributed by atoms with van der Waals surface area (Å²) in [5.41, 5.74) is 4.24. The Balaban J connectivity index is 2.21. The van der Waals surface area contributed by atoms with Crippen molar-refractivity contribution in [2.75, 3.05) is 12.4 Å². The lowest BCUT2D eigenvalue weighted by Gasteiger charge is -2.08. The van der Waals surface area contributed by atoms with Crippen molar-refractivity contribution in [2.45, 2.75) is 25.1 Å². The highest BCUT2D eigenvalue weighted by atomic mass is 32.2. The van der Waals surface area contributed by atoms with Gasteiger partial charge < -0.3 is 5.32 Å². The number of hydrogen-bond donors (Lipinski definition) is 2. The first-order valence-corrected chi connectivity index (χ1v) is 5.95. The summed E-state index contributed by atoms with van der Waals surface area (Å²) in [5, 5.41) is 3.53. The standard InChI is InChI=1S/C11H16N2S/c1-8-6-9-4-3-5-10(7-14-12-2)11(9)13-8/h3-5,8,12-13H,6-7H2,1-2H3. The molecule has 14 heavy (non-hydrogen) atoms. The number of benzene rings is 1. The zero-order chi connectivity index (χ0) is 9.97. The first-order valence-electron chi connectivity index (χ1n) is 4.97. The lowest BCUT2D eigenvalue weighted by molar-refractivity contribution is 0.839. The first kappa shape index (κ1) is 9.87. The van der Waals surface area contributed by atoms with Crippen LogP contribution in [-0.4, -0.2) is 13.1 Å². The molecule has 0 bridgehead atoms. The molecule has 1 aromatic rings. The van der Waals surface area contributed by atoms with E-state index in [2.05, 4.69) is 35.2 Å². The van der Waals surface area contributed by atoms with E-state index in [1.54, 1.807) is 11.9 Å². The summed E-state index contributed by atoms with van der Waals surface area (Å²) < 4.78 is 3.11. The van der Waals surface area contributed by atoms with Crippen LogP contribution in [0.5, 0.6) is 0 Å². The second-order valence-corrected chi connectivity index (χ2v) is 4.68. The average Bonchev–Trinajstić information content (AvgIpc) is 2.55. The van der Waals surface area contributed by atoms with E-state index in [0.29, 0.717) is 6.04 Å². The van der Waals surface area contributed by atoms with Crippen LogP contribution in [0.1, 0.15) is 18.1 Å². The molecule has 0 saturated carbocycles. The zero-order valence-corrected chi connectivity index (χ0v) is 9.45. The number of fused-ring (bicyclic) bond motifs is 1. The van der Waals surface area contributed by atoms with Crippen molar-refractivity contribution in [3.8, 4) is 0 Å². The predicted molar refractivity (Wildman–Crippen MR) is 63.6 cm³/mol. The third-order valence-corrected chi connectivity index (χ3v) is 3.27. The minimum Gasteiger partial charge on any atom is -0.382 e. The fourth-order valence-corrected chi connectivity index (χ4v) is 2.45. The monoisotopic (exact) mass is 208 g/mol. The van der Waals surface area contributed by atoms with E-state index in [-0.39, 0.29) is 0 Å². The molecule has 0 aromatic heterocycles. The van der Waals surface area contributed by atoms with Crippen molar-refractivity contribution in [3.63, 3.8) is 0 Å². The maximum atomic E-state index is 3.53. The van der Waals surface area contributed by atoms with Gasteiger partial charge in [-0.05, 0) is 31.5 Å². The van der Waals surface area contributed by atoms with E-state index in [9.17, 15) is 0 Å². The number of hydrogen-bond acceptors (Lipinski definition) is 3. The van der Waals surface area contributed by atoms with E-state index in [0.717, 1.165) is 12.2 Å². The Morgan fingerprint density at radius 2 is 2.43 bits per heavy atom. The quantitative estimate of drug-likeness (QED) is 0.746. The smallest absolute Gasteiger partial charge is 0.0417 e. The summed E-state index contributed by atoms with van der Waals surface area (Å²) in [6.45, 7) is 2.23. The van der Waals surface area contributed by atoms with Crippen molar-refractivity contribution in [1.82, 2.24) is 4.72 Å². The molecule has 76 valence electrons. The van der Waals surface area contributed by atoms with E-state index in [1.807, 2.05) is 7.05 Å². The van der Waals surface area contributed by atoms with Crippen molar-refractivity contribution < 1.29 is 0 Å². The lowest BCUT2D eigenvalue weighted by atomic mass is 10.1. The van der Waals surface area contributed by atoms with Gasteiger partial charge in [-0.25, -0.2) is 0 Å². The van der Waals surface area contributed by atoms with Gasteiger partial charge in [0.2, 0.25) is 0 Å². The number of para-hydroxylation sites is 1. The summed E-state index contributed by atoms with van der Waals surface area (Å²) in [6.07, 6.45) is 1.16. The molecule has 3 heteroatoms. The van der Waals surface area contributed by atoms with Gasteiger partial charge >= 0.3 is 0 Å². The van der Waals surface area contributed by atoms with Gasteiger partial charge in [0.25, 0.3) is 0 Å². The molecule has 2 rings (SSSR count). The minimum absolute atomic E-state index is 0.589. The van der Waals surface area contributed by atoms with Crippen LogP contribution in [0.4, 0.5) is 5.69 Å². The Bertz CT molecular complexity index is 325. The molecule has 1 unspecified atom stereocenters. The fraction of sp³-hybridized carbons (Fsp3) is 0.455.